The van der Waals surface area contributed by atoms with Gasteiger partial charge in [0.25, 0.3) is 5.91 Å². The summed E-state index contributed by atoms with van der Waals surface area (Å²) in [5, 5.41) is 3.30. The number of carbonyl (C=O) groups excluding carboxylic acids is 1. The molecule has 0 spiro atoms. The molecular weight excluding hydrogens is 382 g/mol. The molecule has 0 bridgehead atoms. The molecule has 2 aliphatic heterocycles. The molecule has 1 atom stereocenters. The summed E-state index contributed by atoms with van der Waals surface area (Å²) in [5.41, 5.74) is 5.12. The van der Waals surface area contributed by atoms with Crippen molar-refractivity contribution in [2.75, 3.05) is 44.4 Å². The van der Waals surface area contributed by atoms with Gasteiger partial charge in [-0.05, 0) is 57.2 Å². The largest absolute Gasteiger partial charge is 0.379 e. The maximum atomic E-state index is 13.3. The predicted octanol–water partition coefficient (Wildman–Crippen LogP) is 3.34. The van der Waals surface area contributed by atoms with Crippen LogP contribution in [0.1, 0.15) is 33.7 Å². The van der Waals surface area contributed by atoms with Crippen LogP contribution in [0.2, 0.25) is 0 Å². The lowest BCUT2D eigenvalue weighted by Crippen LogP contribution is -2.59. The lowest BCUT2D eigenvalue weighted by Gasteiger charge is -2.43. The standard InChI is InChI=1S/C23H31N3O2S/c1-17-4-7-21(26-18(2)5-6-19(26)3)20(14-17)22(27)24-15-23(8-13-29-16-23)25-9-11-28-12-10-25/h4-7,14H,8-13,15-16H2,1-3H3,(H,24,27). The molecule has 2 aliphatic rings. The molecule has 1 aromatic heterocycles. The van der Waals surface area contributed by atoms with E-state index < -0.39 is 0 Å². The first-order chi connectivity index (χ1) is 14.0. The second-order valence-electron chi connectivity index (χ2n) is 8.28. The maximum Gasteiger partial charge on any atom is 0.253 e. The van der Waals surface area contributed by atoms with Crippen LogP contribution in [0.15, 0.2) is 30.3 Å². The number of morpholine rings is 1. The number of hydrogen-bond donors (Lipinski definition) is 1. The van der Waals surface area contributed by atoms with Crippen molar-refractivity contribution in [1.82, 2.24) is 14.8 Å². The molecule has 2 fully saturated rings. The van der Waals surface area contributed by atoms with E-state index in [1.54, 1.807) is 0 Å². The molecule has 0 radical (unpaired) electrons. The Morgan fingerprint density at radius 1 is 1.14 bits per heavy atom. The summed E-state index contributed by atoms with van der Waals surface area (Å²) >= 11 is 1.99. The van der Waals surface area contributed by atoms with Crippen LogP contribution in [0.5, 0.6) is 0 Å². The van der Waals surface area contributed by atoms with Crippen LogP contribution >= 0.6 is 11.8 Å². The Hall–Kier alpha value is -1.76. The molecule has 156 valence electrons. The van der Waals surface area contributed by atoms with Crippen molar-refractivity contribution >= 4 is 17.7 Å². The molecule has 1 amide bonds. The van der Waals surface area contributed by atoms with Gasteiger partial charge in [0.1, 0.15) is 0 Å². The van der Waals surface area contributed by atoms with Gasteiger partial charge in [-0.1, -0.05) is 11.6 Å². The third kappa shape index (κ3) is 4.11. The highest BCUT2D eigenvalue weighted by molar-refractivity contribution is 7.99. The highest BCUT2D eigenvalue weighted by atomic mass is 32.2. The molecular formula is C23H31N3O2S. The Morgan fingerprint density at radius 2 is 1.86 bits per heavy atom. The molecule has 4 rings (SSSR count). The summed E-state index contributed by atoms with van der Waals surface area (Å²) in [7, 11) is 0. The number of ether oxygens (including phenoxy) is 1. The monoisotopic (exact) mass is 413 g/mol. The first-order valence-electron chi connectivity index (χ1n) is 10.4. The highest BCUT2D eigenvalue weighted by Crippen LogP contribution is 2.34. The van der Waals surface area contributed by atoms with E-state index in [9.17, 15) is 4.79 Å². The SMILES string of the molecule is Cc1ccc(-n2c(C)ccc2C)c(C(=O)NCC2(N3CCOCC3)CCSC2)c1. The average molecular weight is 414 g/mol. The number of aromatic nitrogens is 1. The molecule has 29 heavy (non-hydrogen) atoms. The van der Waals surface area contributed by atoms with E-state index in [2.05, 4.69) is 52.9 Å². The normalized spacial score (nSPS) is 22.7. The third-order valence-electron chi connectivity index (χ3n) is 6.25. The summed E-state index contributed by atoms with van der Waals surface area (Å²) in [4.78, 5) is 15.9. The summed E-state index contributed by atoms with van der Waals surface area (Å²) in [5.74, 6) is 2.25. The second kappa shape index (κ2) is 8.54. The number of rotatable bonds is 5. The van der Waals surface area contributed by atoms with Crippen LogP contribution in [0, 0.1) is 20.8 Å². The molecule has 1 aromatic carbocycles. The zero-order valence-corrected chi connectivity index (χ0v) is 18.5. The predicted molar refractivity (Wildman–Crippen MR) is 119 cm³/mol. The topological polar surface area (TPSA) is 46.5 Å². The number of nitrogens with one attached hydrogen (secondary N) is 1. The number of hydrogen-bond acceptors (Lipinski definition) is 4. The Balaban J connectivity index is 1.58. The van der Waals surface area contributed by atoms with E-state index in [1.807, 2.05) is 24.8 Å². The van der Waals surface area contributed by atoms with E-state index >= 15 is 0 Å². The van der Waals surface area contributed by atoms with Crippen molar-refractivity contribution in [3.05, 3.63) is 52.8 Å². The fraction of sp³-hybridized carbons (Fsp3) is 0.522. The first-order valence-corrected chi connectivity index (χ1v) is 11.6. The van der Waals surface area contributed by atoms with E-state index in [-0.39, 0.29) is 11.4 Å². The molecule has 6 heteroatoms. The van der Waals surface area contributed by atoms with E-state index in [4.69, 9.17) is 4.74 Å². The van der Waals surface area contributed by atoms with Crippen LogP contribution in [0.25, 0.3) is 5.69 Å². The molecule has 1 N–H and O–H groups in total. The molecule has 5 nitrogen and oxygen atoms in total. The van der Waals surface area contributed by atoms with Crippen molar-refractivity contribution < 1.29 is 9.53 Å². The van der Waals surface area contributed by atoms with Gasteiger partial charge >= 0.3 is 0 Å². The van der Waals surface area contributed by atoms with Crippen molar-refractivity contribution in [2.24, 2.45) is 0 Å². The minimum absolute atomic E-state index is 0.0146. The molecule has 0 aliphatic carbocycles. The molecule has 0 saturated carbocycles. The average Bonchev–Trinajstić information content (AvgIpc) is 3.35. The fourth-order valence-corrected chi connectivity index (χ4v) is 6.03. The highest BCUT2D eigenvalue weighted by Gasteiger charge is 2.41. The summed E-state index contributed by atoms with van der Waals surface area (Å²) < 4.78 is 7.72. The van der Waals surface area contributed by atoms with Crippen molar-refractivity contribution in [2.45, 2.75) is 32.7 Å². The van der Waals surface area contributed by atoms with Gasteiger partial charge in [0, 0.05) is 42.3 Å². The maximum absolute atomic E-state index is 13.3. The van der Waals surface area contributed by atoms with Gasteiger partial charge in [-0.25, -0.2) is 0 Å². The van der Waals surface area contributed by atoms with E-state index in [0.29, 0.717) is 6.54 Å². The Bertz CT molecular complexity index is 861. The van der Waals surface area contributed by atoms with E-state index in [1.165, 1.54) is 0 Å². The lowest BCUT2D eigenvalue weighted by atomic mass is 9.95. The first kappa shape index (κ1) is 20.5. The molecule has 2 saturated heterocycles. The fourth-order valence-electron chi connectivity index (χ4n) is 4.55. The zero-order valence-electron chi connectivity index (χ0n) is 17.7. The Kier molecular flexibility index (Phi) is 6.04. The van der Waals surface area contributed by atoms with Gasteiger partial charge in [0.05, 0.1) is 24.5 Å². The lowest BCUT2D eigenvalue weighted by molar-refractivity contribution is -0.0129. The van der Waals surface area contributed by atoms with E-state index in [0.717, 1.165) is 72.4 Å². The number of benzene rings is 1. The van der Waals surface area contributed by atoms with Gasteiger partial charge < -0.3 is 14.6 Å². The number of aryl methyl sites for hydroxylation is 3. The smallest absolute Gasteiger partial charge is 0.253 e. The number of amides is 1. The molecule has 1 unspecified atom stereocenters. The minimum Gasteiger partial charge on any atom is -0.379 e. The van der Waals surface area contributed by atoms with Gasteiger partial charge in [-0.2, -0.15) is 11.8 Å². The van der Waals surface area contributed by atoms with Crippen molar-refractivity contribution in [1.29, 1.82) is 0 Å². The Labute approximate surface area is 177 Å². The second-order valence-corrected chi connectivity index (χ2v) is 9.39. The van der Waals surface area contributed by atoms with Gasteiger partial charge in [-0.3, -0.25) is 9.69 Å². The van der Waals surface area contributed by atoms with Crippen LogP contribution < -0.4 is 5.32 Å². The van der Waals surface area contributed by atoms with Gasteiger partial charge in [0.15, 0.2) is 0 Å². The number of carbonyl (C=O) groups is 1. The number of nitrogens with zero attached hydrogens (tertiary/aromatic N) is 2. The summed E-state index contributed by atoms with van der Waals surface area (Å²) in [6, 6.07) is 10.3. The zero-order chi connectivity index (χ0) is 20.4. The van der Waals surface area contributed by atoms with Gasteiger partial charge in [0.2, 0.25) is 0 Å². The van der Waals surface area contributed by atoms with Crippen molar-refractivity contribution in [3.63, 3.8) is 0 Å². The van der Waals surface area contributed by atoms with Crippen LogP contribution in [0.3, 0.4) is 0 Å². The van der Waals surface area contributed by atoms with Crippen molar-refractivity contribution in [3.8, 4) is 5.69 Å². The number of thioether (sulfide) groups is 1. The third-order valence-corrected chi connectivity index (χ3v) is 7.49. The van der Waals surface area contributed by atoms with Crippen LogP contribution in [-0.4, -0.2) is 65.3 Å². The summed E-state index contributed by atoms with van der Waals surface area (Å²) in [6.07, 6.45) is 1.12. The molecule has 2 aromatic rings. The molecule has 3 heterocycles. The minimum atomic E-state index is 0.0146. The Morgan fingerprint density at radius 3 is 2.52 bits per heavy atom. The summed E-state index contributed by atoms with van der Waals surface area (Å²) in [6.45, 7) is 10.4. The van der Waals surface area contributed by atoms with Gasteiger partial charge in [-0.15, -0.1) is 0 Å². The van der Waals surface area contributed by atoms with Crippen LogP contribution in [0.4, 0.5) is 0 Å². The van der Waals surface area contributed by atoms with Crippen LogP contribution in [-0.2, 0) is 4.74 Å². The quantitative estimate of drug-likeness (QED) is 0.817.